The van der Waals surface area contributed by atoms with Crippen LogP contribution in [0.3, 0.4) is 0 Å². The fourth-order valence-corrected chi connectivity index (χ4v) is 12.2. The molecule has 1 unspecified atom stereocenters. The zero-order valence-corrected chi connectivity index (χ0v) is 32.2. The molecule has 5 saturated carbocycles. The van der Waals surface area contributed by atoms with Crippen molar-refractivity contribution in [3.8, 4) is 0 Å². The molecule has 2 spiro atoms. The van der Waals surface area contributed by atoms with E-state index in [4.69, 9.17) is 9.73 Å². The van der Waals surface area contributed by atoms with E-state index < -0.39 is 5.41 Å². The molecule has 0 radical (unpaired) electrons. The van der Waals surface area contributed by atoms with Crippen LogP contribution in [0.5, 0.6) is 0 Å². The highest BCUT2D eigenvalue weighted by atomic mass is 16.5. The van der Waals surface area contributed by atoms with Crippen molar-refractivity contribution in [1.82, 2.24) is 10.2 Å². The second kappa shape index (κ2) is 12.0. The second-order valence-electron chi connectivity index (χ2n) is 19.1. The summed E-state index contributed by atoms with van der Waals surface area (Å²) >= 11 is 0. The van der Waals surface area contributed by atoms with Crippen LogP contribution in [-0.2, 0) is 25.7 Å². The molecule has 1 amide bonds. The predicted octanol–water partition coefficient (Wildman–Crippen LogP) is 7.51. The molecule has 49 heavy (non-hydrogen) atoms. The average Bonchev–Trinajstić information content (AvgIpc) is 3.66. The monoisotopic (exact) mass is 673 g/mol. The number of fused-ring (bicyclic) bond motifs is 2. The van der Waals surface area contributed by atoms with Crippen molar-refractivity contribution in [2.24, 2.45) is 61.2 Å². The summed E-state index contributed by atoms with van der Waals surface area (Å²) in [6, 6.07) is 10.5. The first-order chi connectivity index (χ1) is 22.8. The number of hydrogen-bond acceptors (Lipinski definition) is 6. The summed E-state index contributed by atoms with van der Waals surface area (Å²) in [7, 11) is 4.21. The fourth-order valence-electron chi connectivity index (χ4n) is 12.2. The van der Waals surface area contributed by atoms with Gasteiger partial charge in [0.1, 0.15) is 11.9 Å². The van der Waals surface area contributed by atoms with Crippen molar-refractivity contribution in [2.75, 3.05) is 14.1 Å². The normalized spacial score (nSPS) is 41.9. The number of ether oxygens (including phenoxy) is 1. The SMILES string of the molecule is CC(C)C(=O)N[C@H]1CCC23C[C@]24C(=O)C[C@]2(C)[C@@H]([C@H](C)N(C)C)[C@H](OC(=O)C(C)(C)C)C[C@@]2(C)[C@@H]4CC[C@H]3[C@]1(C)/C=N/Cc1ccccc1. The predicted molar refractivity (Wildman–Crippen MR) is 195 cm³/mol. The van der Waals surface area contributed by atoms with Gasteiger partial charge in [0.15, 0.2) is 0 Å². The molecule has 1 N–H and O–H groups in total. The van der Waals surface area contributed by atoms with Crippen LogP contribution in [0.15, 0.2) is 35.3 Å². The lowest BCUT2D eigenvalue weighted by molar-refractivity contribution is -0.168. The van der Waals surface area contributed by atoms with E-state index in [9.17, 15) is 9.59 Å². The minimum atomic E-state index is -0.590. The van der Waals surface area contributed by atoms with Gasteiger partial charge in [-0.25, -0.2) is 0 Å². The summed E-state index contributed by atoms with van der Waals surface area (Å²) in [5, 5.41) is 3.45. The van der Waals surface area contributed by atoms with E-state index in [1.807, 2.05) is 52.8 Å². The molecule has 0 bridgehead atoms. The van der Waals surface area contributed by atoms with Gasteiger partial charge in [-0.3, -0.25) is 19.4 Å². The van der Waals surface area contributed by atoms with Gasteiger partial charge in [0.05, 0.1) is 12.0 Å². The fraction of sp³-hybridized carbons (Fsp3) is 0.762. The Hall–Kier alpha value is -2.54. The maximum atomic E-state index is 15.1. The van der Waals surface area contributed by atoms with Crippen molar-refractivity contribution in [1.29, 1.82) is 0 Å². The van der Waals surface area contributed by atoms with Crippen LogP contribution in [0.4, 0.5) is 0 Å². The van der Waals surface area contributed by atoms with Gasteiger partial charge < -0.3 is 15.0 Å². The zero-order chi connectivity index (χ0) is 35.9. The lowest BCUT2D eigenvalue weighted by Gasteiger charge is -2.62. The number of Topliss-reactive ketones (excluding diaryl/α,β-unsaturated/α-hetero) is 1. The lowest BCUT2D eigenvalue weighted by atomic mass is 9.41. The van der Waals surface area contributed by atoms with Crippen molar-refractivity contribution < 1.29 is 19.1 Å². The zero-order valence-electron chi connectivity index (χ0n) is 32.2. The van der Waals surface area contributed by atoms with Crippen molar-refractivity contribution in [3.05, 3.63) is 35.9 Å². The number of aliphatic imine (C=N–C) groups is 1. The molecule has 5 fully saturated rings. The van der Waals surface area contributed by atoms with Crippen LogP contribution < -0.4 is 5.32 Å². The lowest BCUT2D eigenvalue weighted by Crippen LogP contribution is -2.63. The summed E-state index contributed by atoms with van der Waals surface area (Å²) < 4.78 is 6.50. The van der Waals surface area contributed by atoms with Crippen molar-refractivity contribution in [2.45, 2.75) is 132 Å². The van der Waals surface area contributed by atoms with E-state index in [-0.39, 0.29) is 80.8 Å². The summed E-state index contributed by atoms with van der Waals surface area (Å²) in [5.74, 6) is 0.833. The molecule has 6 rings (SSSR count). The van der Waals surface area contributed by atoms with Gasteiger partial charge in [-0.15, -0.1) is 0 Å². The van der Waals surface area contributed by atoms with E-state index in [2.05, 4.69) is 70.4 Å². The number of benzene rings is 1. The van der Waals surface area contributed by atoms with Crippen LogP contribution in [0.1, 0.15) is 113 Å². The Bertz CT molecular complexity index is 1500. The Morgan fingerprint density at radius 1 is 1.02 bits per heavy atom. The molecule has 7 nitrogen and oxygen atoms in total. The number of esters is 1. The highest BCUT2D eigenvalue weighted by molar-refractivity contribution is 5.92. The molecule has 11 atom stereocenters. The first-order valence-corrected chi connectivity index (χ1v) is 19.0. The number of ketones is 1. The summed E-state index contributed by atoms with van der Waals surface area (Å²) in [6.07, 6.45) is 8.01. The van der Waals surface area contributed by atoms with E-state index in [1.54, 1.807) is 0 Å². The molecular weight excluding hydrogens is 610 g/mol. The highest BCUT2D eigenvalue weighted by Gasteiger charge is 2.86. The van der Waals surface area contributed by atoms with Gasteiger partial charge in [-0.2, -0.15) is 0 Å². The molecule has 0 heterocycles. The molecule has 5 aliphatic rings. The van der Waals surface area contributed by atoms with Gasteiger partial charge in [-0.05, 0) is 114 Å². The first kappa shape index (κ1) is 36.3. The van der Waals surface area contributed by atoms with Crippen LogP contribution in [0.2, 0.25) is 0 Å². The third kappa shape index (κ3) is 5.29. The number of carbonyl (C=O) groups is 3. The van der Waals surface area contributed by atoms with Crippen LogP contribution in [0.25, 0.3) is 0 Å². The minimum absolute atomic E-state index is 0.0238. The van der Waals surface area contributed by atoms with Gasteiger partial charge in [0, 0.05) is 47.4 Å². The summed E-state index contributed by atoms with van der Waals surface area (Å²) in [5.41, 5.74) is -0.669. The standard InChI is InChI=1S/C42H63N3O4/c1-26(2)35(47)44-32-19-20-41-24-42(41)31(18-17-30(41)38(32,7)25-43-23-28-15-13-12-14-16-28)39(8)21-29(49-36(48)37(4,5)6)34(27(3)45(10)11)40(39,9)22-33(42)46/h12-16,25-27,29-32,34H,17-24H2,1-11H3,(H,44,47)/b43-25+/t27-,29+,30-,31-,32-,34-,38-,39-,40+,41?,42-/m0/s1. The quantitative estimate of drug-likeness (QED) is 0.228. The number of nitrogens with one attached hydrogen (secondary N) is 1. The van der Waals surface area contributed by atoms with E-state index >= 15 is 4.79 Å². The van der Waals surface area contributed by atoms with Crippen LogP contribution >= 0.6 is 0 Å². The number of nitrogens with zero attached hydrogens (tertiary/aromatic N) is 2. The Morgan fingerprint density at radius 3 is 2.29 bits per heavy atom. The number of rotatable bonds is 8. The number of amides is 1. The topological polar surface area (TPSA) is 88.1 Å². The largest absolute Gasteiger partial charge is 0.462 e. The molecule has 270 valence electrons. The second-order valence-corrected chi connectivity index (χ2v) is 19.1. The first-order valence-electron chi connectivity index (χ1n) is 19.0. The summed E-state index contributed by atoms with van der Waals surface area (Å²) in [4.78, 5) is 49.0. The molecule has 1 aromatic rings. The molecule has 0 saturated heterocycles. The molecule has 5 aliphatic carbocycles. The maximum absolute atomic E-state index is 15.1. The van der Waals surface area contributed by atoms with E-state index in [0.29, 0.717) is 18.7 Å². The van der Waals surface area contributed by atoms with Crippen LogP contribution in [-0.4, -0.2) is 61.1 Å². The Kier molecular flexibility index (Phi) is 8.89. The van der Waals surface area contributed by atoms with Gasteiger partial charge in [0.2, 0.25) is 5.91 Å². The van der Waals surface area contributed by atoms with Gasteiger partial charge >= 0.3 is 5.97 Å². The number of carbonyl (C=O) groups excluding carboxylic acids is 3. The number of hydrogen-bond donors (Lipinski definition) is 1. The van der Waals surface area contributed by atoms with Crippen molar-refractivity contribution in [3.63, 3.8) is 0 Å². The summed E-state index contributed by atoms with van der Waals surface area (Å²) in [6.45, 7) is 19.7. The Balaban J connectivity index is 1.37. The molecule has 1 aromatic carbocycles. The third-order valence-corrected chi connectivity index (χ3v) is 15.1. The Labute approximate surface area is 295 Å². The highest BCUT2D eigenvalue weighted by Crippen LogP contribution is 2.88. The van der Waals surface area contributed by atoms with Crippen molar-refractivity contribution >= 4 is 23.9 Å². The van der Waals surface area contributed by atoms with Crippen LogP contribution in [0, 0.1) is 56.2 Å². The molecule has 0 aromatic heterocycles. The molecule has 7 heteroatoms. The minimum Gasteiger partial charge on any atom is -0.462 e. The van der Waals surface area contributed by atoms with Gasteiger partial charge in [-0.1, -0.05) is 65.0 Å². The maximum Gasteiger partial charge on any atom is 0.311 e. The molecule has 0 aliphatic heterocycles. The third-order valence-electron chi connectivity index (χ3n) is 15.1. The average molecular weight is 674 g/mol. The smallest absolute Gasteiger partial charge is 0.311 e. The van der Waals surface area contributed by atoms with E-state index in [1.165, 1.54) is 5.56 Å². The Morgan fingerprint density at radius 2 is 1.67 bits per heavy atom. The van der Waals surface area contributed by atoms with Gasteiger partial charge in [0.25, 0.3) is 0 Å². The molecular formula is C42H63N3O4. The van der Waals surface area contributed by atoms with E-state index in [0.717, 1.165) is 38.5 Å².